The number of aliphatic imine (C=N–C) groups is 1. The summed E-state index contributed by atoms with van der Waals surface area (Å²) in [5, 5.41) is 6.95. The highest BCUT2D eigenvalue weighted by Gasteiger charge is 2.36. The van der Waals surface area contributed by atoms with E-state index in [4.69, 9.17) is 14.5 Å². The SMILES string of the molecule is CCNC(=NCC1(CCOC)CCC1)NCCCN1CCN(c2ccc(OC)cc2)CC1.I. The summed E-state index contributed by atoms with van der Waals surface area (Å²) in [6, 6.07) is 8.40. The van der Waals surface area contributed by atoms with Crippen molar-refractivity contribution in [3.8, 4) is 5.75 Å². The minimum absolute atomic E-state index is 0. The van der Waals surface area contributed by atoms with Gasteiger partial charge in [-0.3, -0.25) is 9.89 Å². The third kappa shape index (κ3) is 8.79. The lowest BCUT2D eigenvalue weighted by Gasteiger charge is -2.40. The van der Waals surface area contributed by atoms with Crippen LogP contribution in [0.15, 0.2) is 29.3 Å². The van der Waals surface area contributed by atoms with E-state index in [0.717, 1.165) is 83.5 Å². The molecule has 0 bridgehead atoms. The monoisotopic (exact) mass is 573 g/mol. The molecule has 1 saturated heterocycles. The molecule has 0 unspecified atom stereocenters. The molecule has 0 aromatic heterocycles. The molecular formula is C25H44IN5O2. The van der Waals surface area contributed by atoms with Gasteiger partial charge in [-0.25, -0.2) is 0 Å². The van der Waals surface area contributed by atoms with Crippen LogP contribution in [-0.4, -0.2) is 84.0 Å². The van der Waals surface area contributed by atoms with E-state index in [1.54, 1.807) is 14.2 Å². The van der Waals surface area contributed by atoms with Crippen LogP contribution in [0.25, 0.3) is 0 Å². The van der Waals surface area contributed by atoms with Gasteiger partial charge in [0.05, 0.1) is 7.11 Å². The molecule has 1 aromatic rings. The number of halogens is 1. The molecule has 3 rings (SSSR count). The van der Waals surface area contributed by atoms with Crippen molar-refractivity contribution >= 4 is 35.6 Å². The van der Waals surface area contributed by atoms with Gasteiger partial charge < -0.3 is 25.0 Å². The number of anilines is 1. The standard InChI is InChI=1S/C25H43N5O2.HI/c1-4-26-24(28-21-25(11-5-12-25)13-20-31-2)27-14-6-15-29-16-18-30(19-17-29)22-7-9-23(32-3)10-8-22;/h7-10H,4-6,11-21H2,1-3H3,(H2,26,27,28);1H. The molecule has 2 N–H and O–H groups in total. The number of hydrogen-bond donors (Lipinski definition) is 2. The highest BCUT2D eigenvalue weighted by atomic mass is 127. The lowest BCUT2D eigenvalue weighted by atomic mass is 9.67. The summed E-state index contributed by atoms with van der Waals surface area (Å²) >= 11 is 0. The second-order valence-corrected chi connectivity index (χ2v) is 9.10. The highest BCUT2D eigenvalue weighted by Crippen LogP contribution is 2.44. The molecule has 0 atom stereocenters. The van der Waals surface area contributed by atoms with E-state index in [0.29, 0.717) is 5.41 Å². The molecule has 0 amide bonds. The van der Waals surface area contributed by atoms with Gasteiger partial charge in [0.1, 0.15) is 5.75 Å². The Morgan fingerprint density at radius 2 is 1.79 bits per heavy atom. The summed E-state index contributed by atoms with van der Waals surface area (Å²) in [5.41, 5.74) is 1.65. The van der Waals surface area contributed by atoms with Crippen molar-refractivity contribution in [2.45, 2.75) is 39.0 Å². The predicted octanol–water partition coefficient (Wildman–Crippen LogP) is 3.59. The van der Waals surface area contributed by atoms with Crippen LogP contribution in [0.4, 0.5) is 5.69 Å². The molecule has 1 aliphatic heterocycles. The minimum atomic E-state index is 0. The average molecular weight is 574 g/mol. The maximum atomic E-state index is 5.31. The normalized spacial score (nSPS) is 18.3. The van der Waals surface area contributed by atoms with Gasteiger partial charge >= 0.3 is 0 Å². The third-order valence-corrected chi connectivity index (χ3v) is 6.92. The van der Waals surface area contributed by atoms with Crippen molar-refractivity contribution in [2.24, 2.45) is 10.4 Å². The number of ether oxygens (including phenoxy) is 2. The van der Waals surface area contributed by atoms with E-state index in [1.165, 1.54) is 24.9 Å². The van der Waals surface area contributed by atoms with Gasteiger partial charge in [0.15, 0.2) is 5.96 Å². The molecule has 1 aromatic carbocycles. The maximum Gasteiger partial charge on any atom is 0.191 e. The van der Waals surface area contributed by atoms with Gasteiger partial charge in [-0.1, -0.05) is 6.42 Å². The molecule has 1 saturated carbocycles. The zero-order valence-electron chi connectivity index (χ0n) is 20.8. The maximum absolute atomic E-state index is 5.31. The predicted molar refractivity (Wildman–Crippen MR) is 148 cm³/mol. The number of methoxy groups -OCH3 is 2. The lowest BCUT2D eigenvalue weighted by molar-refractivity contribution is 0.0778. The molecule has 2 aliphatic rings. The van der Waals surface area contributed by atoms with Crippen LogP contribution in [0.2, 0.25) is 0 Å². The number of nitrogens with one attached hydrogen (secondary N) is 2. The first-order chi connectivity index (χ1) is 15.7. The molecule has 7 nitrogen and oxygen atoms in total. The number of guanidine groups is 1. The fourth-order valence-corrected chi connectivity index (χ4v) is 4.60. The van der Waals surface area contributed by atoms with E-state index in [-0.39, 0.29) is 24.0 Å². The molecule has 33 heavy (non-hydrogen) atoms. The molecule has 1 aliphatic carbocycles. The molecule has 1 heterocycles. The van der Waals surface area contributed by atoms with Crippen molar-refractivity contribution in [1.29, 1.82) is 0 Å². The fraction of sp³-hybridized carbons (Fsp3) is 0.720. The second kappa shape index (κ2) is 14.9. The Labute approximate surface area is 217 Å². The Hall–Kier alpha value is -1.26. The molecule has 2 fully saturated rings. The van der Waals surface area contributed by atoms with Crippen molar-refractivity contribution in [1.82, 2.24) is 15.5 Å². The second-order valence-electron chi connectivity index (χ2n) is 9.10. The van der Waals surface area contributed by atoms with Crippen LogP contribution in [0.1, 0.15) is 39.0 Å². The topological polar surface area (TPSA) is 61.4 Å². The largest absolute Gasteiger partial charge is 0.497 e. The van der Waals surface area contributed by atoms with E-state index >= 15 is 0 Å². The quantitative estimate of drug-likeness (QED) is 0.173. The van der Waals surface area contributed by atoms with Crippen LogP contribution in [0.3, 0.4) is 0 Å². The van der Waals surface area contributed by atoms with E-state index in [2.05, 4.69) is 39.5 Å². The van der Waals surface area contributed by atoms with Crippen molar-refractivity contribution in [3.05, 3.63) is 24.3 Å². The summed E-state index contributed by atoms with van der Waals surface area (Å²) in [5.74, 6) is 1.87. The Kier molecular flexibility index (Phi) is 12.6. The van der Waals surface area contributed by atoms with Crippen LogP contribution in [0.5, 0.6) is 5.75 Å². The summed E-state index contributed by atoms with van der Waals surface area (Å²) in [4.78, 5) is 9.94. The zero-order chi connectivity index (χ0) is 22.7. The number of nitrogens with zero attached hydrogens (tertiary/aromatic N) is 3. The van der Waals surface area contributed by atoms with Crippen molar-refractivity contribution < 1.29 is 9.47 Å². The number of rotatable bonds is 12. The minimum Gasteiger partial charge on any atom is -0.497 e. The number of hydrogen-bond acceptors (Lipinski definition) is 5. The summed E-state index contributed by atoms with van der Waals surface area (Å²) < 4.78 is 10.6. The highest BCUT2D eigenvalue weighted by molar-refractivity contribution is 14.0. The van der Waals surface area contributed by atoms with Gasteiger partial charge in [-0.2, -0.15) is 0 Å². The van der Waals surface area contributed by atoms with Crippen LogP contribution >= 0.6 is 24.0 Å². The average Bonchev–Trinajstić information content (AvgIpc) is 2.81. The van der Waals surface area contributed by atoms with Gasteiger partial charge in [0.2, 0.25) is 0 Å². The Morgan fingerprint density at radius 1 is 1.06 bits per heavy atom. The zero-order valence-corrected chi connectivity index (χ0v) is 23.1. The summed E-state index contributed by atoms with van der Waals surface area (Å²) in [6.07, 6.45) is 6.13. The van der Waals surface area contributed by atoms with Gasteiger partial charge in [0.25, 0.3) is 0 Å². The molecule has 0 radical (unpaired) electrons. The van der Waals surface area contributed by atoms with Gasteiger partial charge in [0, 0.05) is 65.2 Å². The summed E-state index contributed by atoms with van der Waals surface area (Å²) in [7, 11) is 3.50. The molecule has 8 heteroatoms. The number of benzene rings is 1. The van der Waals surface area contributed by atoms with Crippen LogP contribution in [-0.2, 0) is 4.74 Å². The van der Waals surface area contributed by atoms with E-state index in [9.17, 15) is 0 Å². The first-order valence-corrected chi connectivity index (χ1v) is 12.3. The Morgan fingerprint density at radius 3 is 2.36 bits per heavy atom. The third-order valence-electron chi connectivity index (χ3n) is 6.92. The number of piperazine rings is 1. The van der Waals surface area contributed by atoms with Gasteiger partial charge in [-0.05, 0) is 68.8 Å². The Balaban J connectivity index is 0.00000385. The van der Waals surface area contributed by atoms with Crippen LogP contribution in [0, 0.1) is 5.41 Å². The molecule has 0 spiro atoms. The van der Waals surface area contributed by atoms with Crippen molar-refractivity contribution in [3.63, 3.8) is 0 Å². The lowest BCUT2D eigenvalue weighted by Crippen LogP contribution is -2.47. The van der Waals surface area contributed by atoms with Gasteiger partial charge in [-0.15, -0.1) is 24.0 Å². The smallest absolute Gasteiger partial charge is 0.191 e. The molecule has 188 valence electrons. The van der Waals surface area contributed by atoms with Crippen LogP contribution < -0.4 is 20.3 Å². The molecular weight excluding hydrogens is 529 g/mol. The fourth-order valence-electron chi connectivity index (χ4n) is 4.60. The first kappa shape index (κ1) is 28.0. The summed E-state index contributed by atoms with van der Waals surface area (Å²) in [6.45, 7) is 11.2. The Bertz CT molecular complexity index is 689. The first-order valence-electron chi connectivity index (χ1n) is 12.3. The van der Waals surface area contributed by atoms with Crippen molar-refractivity contribution in [2.75, 3.05) is 78.1 Å². The van der Waals surface area contributed by atoms with E-state index < -0.39 is 0 Å². The van der Waals surface area contributed by atoms with E-state index in [1.807, 2.05) is 12.1 Å².